The van der Waals surface area contributed by atoms with Crippen molar-refractivity contribution in [3.63, 3.8) is 0 Å². The molecule has 0 heterocycles. The molecule has 0 fully saturated rings. The first-order valence-electron chi connectivity index (χ1n) is 5.32. The van der Waals surface area contributed by atoms with Crippen LogP contribution < -0.4 is 10.5 Å². The number of rotatable bonds is 5. The lowest BCUT2D eigenvalue weighted by Crippen LogP contribution is -2.37. The number of benzene rings is 1. The van der Waals surface area contributed by atoms with Crippen molar-refractivity contribution in [2.45, 2.75) is 30.7 Å². The molecule has 0 saturated carbocycles. The van der Waals surface area contributed by atoms with Gasteiger partial charge in [-0.25, -0.2) is 13.6 Å². The Labute approximate surface area is 102 Å². The minimum Gasteiger partial charge on any atom is -0.394 e. The molecule has 1 atom stereocenters. The number of nitrogens with two attached hydrogens (primary N) is 1. The number of hydrogen-bond acceptors (Lipinski definition) is 4. The van der Waals surface area contributed by atoms with E-state index in [1.54, 1.807) is 12.1 Å². The van der Waals surface area contributed by atoms with E-state index in [1.807, 2.05) is 13.8 Å². The highest BCUT2D eigenvalue weighted by atomic mass is 32.2. The second kappa shape index (κ2) is 5.03. The van der Waals surface area contributed by atoms with Crippen LogP contribution in [0.2, 0.25) is 0 Å². The number of anilines is 1. The maximum absolute atomic E-state index is 11.1. The summed E-state index contributed by atoms with van der Waals surface area (Å²) in [6.07, 6.45) is 0.750. The van der Waals surface area contributed by atoms with E-state index in [1.165, 1.54) is 12.1 Å². The molecule has 0 saturated heterocycles. The third-order valence-electron chi connectivity index (χ3n) is 2.76. The number of aliphatic hydroxyl groups is 1. The zero-order valence-corrected chi connectivity index (χ0v) is 10.8. The van der Waals surface area contributed by atoms with Crippen LogP contribution in [0.5, 0.6) is 0 Å². The van der Waals surface area contributed by atoms with Crippen molar-refractivity contribution in [2.75, 3.05) is 11.9 Å². The number of nitrogens with one attached hydrogen (secondary N) is 1. The fourth-order valence-corrected chi connectivity index (χ4v) is 1.83. The monoisotopic (exact) mass is 258 g/mol. The number of primary sulfonamides is 1. The third-order valence-corrected chi connectivity index (χ3v) is 3.69. The van der Waals surface area contributed by atoms with Crippen LogP contribution in [0.15, 0.2) is 29.2 Å². The Morgan fingerprint density at radius 1 is 1.35 bits per heavy atom. The van der Waals surface area contributed by atoms with E-state index in [0.29, 0.717) is 0 Å². The summed E-state index contributed by atoms with van der Waals surface area (Å²) < 4.78 is 22.1. The molecule has 5 nitrogen and oxygen atoms in total. The van der Waals surface area contributed by atoms with Gasteiger partial charge in [-0.3, -0.25) is 0 Å². The van der Waals surface area contributed by atoms with E-state index in [0.717, 1.165) is 12.1 Å². The standard InChI is InChI=1S/C11H18N2O3S/c1-3-11(2,8-14)13-9-4-6-10(7-5-9)17(12,15)16/h4-7,13-14H,3,8H2,1-2H3,(H2,12,15,16). The molecule has 0 aliphatic heterocycles. The molecule has 0 aromatic heterocycles. The van der Waals surface area contributed by atoms with E-state index in [2.05, 4.69) is 5.32 Å². The topological polar surface area (TPSA) is 92.4 Å². The molecule has 0 amide bonds. The van der Waals surface area contributed by atoms with Crippen molar-refractivity contribution in [1.82, 2.24) is 0 Å². The van der Waals surface area contributed by atoms with Gasteiger partial charge in [0.15, 0.2) is 0 Å². The first-order chi connectivity index (χ1) is 7.80. The van der Waals surface area contributed by atoms with Gasteiger partial charge in [-0.1, -0.05) is 6.92 Å². The Hall–Kier alpha value is -1.11. The SMILES string of the molecule is CCC(C)(CO)Nc1ccc(S(N)(=O)=O)cc1. The summed E-state index contributed by atoms with van der Waals surface area (Å²) >= 11 is 0. The van der Waals surface area contributed by atoms with E-state index >= 15 is 0 Å². The van der Waals surface area contributed by atoms with Crippen LogP contribution in [0.3, 0.4) is 0 Å². The lowest BCUT2D eigenvalue weighted by atomic mass is 10.00. The molecule has 0 bridgehead atoms. The molecule has 1 unspecified atom stereocenters. The average Bonchev–Trinajstić information content (AvgIpc) is 2.28. The van der Waals surface area contributed by atoms with Gasteiger partial charge in [-0.15, -0.1) is 0 Å². The first kappa shape index (κ1) is 14.0. The van der Waals surface area contributed by atoms with Gasteiger partial charge < -0.3 is 10.4 Å². The van der Waals surface area contributed by atoms with Crippen LogP contribution in [0, 0.1) is 0 Å². The van der Waals surface area contributed by atoms with E-state index in [4.69, 9.17) is 5.14 Å². The summed E-state index contributed by atoms with van der Waals surface area (Å²) in [7, 11) is -3.65. The van der Waals surface area contributed by atoms with Gasteiger partial charge in [0.05, 0.1) is 17.0 Å². The van der Waals surface area contributed by atoms with E-state index in [9.17, 15) is 13.5 Å². The Morgan fingerprint density at radius 2 is 1.88 bits per heavy atom. The quantitative estimate of drug-likeness (QED) is 0.732. The molecule has 0 spiro atoms. The minimum absolute atomic E-state index is 0.000435. The zero-order chi connectivity index (χ0) is 13.1. The summed E-state index contributed by atoms with van der Waals surface area (Å²) in [6, 6.07) is 6.13. The fraction of sp³-hybridized carbons (Fsp3) is 0.455. The Kier molecular flexibility index (Phi) is 4.13. The largest absolute Gasteiger partial charge is 0.394 e. The smallest absolute Gasteiger partial charge is 0.238 e. The summed E-state index contributed by atoms with van der Waals surface area (Å²) in [4.78, 5) is 0.0743. The molecular formula is C11H18N2O3S. The van der Waals surface area contributed by atoms with Gasteiger partial charge in [0, 0.05) is 5.69 Å². The molecule has 1 rings (SSSR count). The predicted octanol–water partition coefficient (Wildman–Crippen LogP) is 0.907. The molecule has 96 valence electrons. The van der Waals surface area contributed by atoms with Crippen molar-refractivity contribution in [1.29, 1.82) is 0 Å². The van der Waals surface area contributed by atoms with E-state index < -0.39 is 15.6 Å². The lowest BCUT2D eigenvalue weighted by Gasteiger charge is -2.28. The van der Waals surface area contributed by atoms with Gasteiger partial charge in [-0.05, 0) is 37.6 Å². The molecule has 4 N–H and O–H groups in total. The highest BCUT2D eigenvalue weighted by Crippen LogP contribution is 2.19. The van der Waals surface area contributed by atoms with Gasteiger partial charge >= 0.3 is 0 Å². The van der Waals surface area contributed by atoms with Crippen LogP contribution >= 0.6 is 0 Å². The number of hydrogen-bond donors (Lipinski definition) is 3. The van der Waals surface area contributed by atoms with Crippen LogP contribution in [0.4, 0.5) is 5.69 Å². The second-order valence-corrected chi connectivity index (χ2v) is 5.83. The third kappa shape index (κ3) is 3.69. The minimum atomic E-state index is -3.65. The van der Waals surface area contributed by atoms with Crippen molar-refractivity contribution in [2.24, 2.45) is 5.14 Å². The molecule has 0 aliphatic carbocycles. The normalized spacial score (nSPS) is 15.3. The van der Waals surface area contributed by atoms with E-state index in [-0.39, 0.29) is 11.5 Å². The van der Waals surface area contributed by atoms with Gasteiger partial charge in [-0.2, -0.15) is 0 Å². The van der Waals surface area contributed by atoms with Crippen LogP contribution in [0.1, 0.15) is 20.3 Å². The maximum atomic E-state index is 11.1. The lowest BCUT2D eigenvalue weighted by molar-refractivity contribution is 0.219. The maximum Gasteiger partial charge on any atom is 0.238 e. The van der Waals surface area contributed by atoms with Crippen molar-refractivity contribution in [3.05, 3.63) is 24.3 Å². The van der Waals surface area contributed by atoms with Gasteiger partial charge in [0.1, 0.15) is 0 Å². The molecule has 1 aromatic rings. The highest BCUT2D eigenvalue weighted by molar-refractivity contribution is 7.89. The van der Waals surface area contributed by atoms with Crippen molar-refractivity contribution >= 4 is 15.7 Å². The molecule has 17 heavy (non-hydrogen) atoms. The van der Waals surface area contributed by atoms with Crippen molar-refractivity contribution < 1.29 is 13.5 Å². The predicted molar refractivity (Wildman–Crippen MR) is 67.2 cm³/mol. The first-order valence-corrected chi connectivity index (χ1v) is 6.87. The molecule has 0 radical (unpaired) electrons. The Bertz CT molecular complexity index is 464. The van der Waals surface area contributed by atoms with Crippen LogP contribution in [-0.4, -0.2) is 25.7 Å². The number of aliphatic hydroxyl groups excluding tert-OH is 1. The Balaban J connectivity index is 2.89. The van der Waals surface area contributed by atoms with Crippen LogP contribution in [0.25, 0.3) is 0 Å². The summed E-state index contributed by atoms with van der Waals surface area (Å²) in [5, 5.41) is 17.4. The summed E-state index contributed by atoms with van der Waals surface area (Å²) in [5.74, 6) is 0. The Morgan fingerprint density at radius 3 is 2.24 bits per heavy atom. The molecular weight excluding hydrogens is 240 g/mol. The average molecular weight is 258 g/mol. The zero-order valence-electron chi connectivity index (χ0n) is 9.97. The number of sulfonamides is 1. The van der Waals surface area contributed by atoms with Crippen LogP contribution in [-0.2, 0) is 10.0 Å². The van der Waals surface area contributed by atoms with Gasteiger partial charge in [0.25, 0.3) is 0 Å². The summed E-state index contributed by atoms with van der Waals surface area (Å²) in [6.45, 7) is 3.85. The highest BCUT2D eigenvalue weighted by Gasteiger charge is 2.20. The molecule has 1 aromatic carbocycles. The van der Waals surface area contributed by atoms with Crippen molar-refractivity contribution in [3.8, 4) is 0 Å². The molecule has 0 aliphatic rings. The van der Waals surface area contributed by atoms with Gasteiger partial charge in [0.2, 0.25) is 10.0 Å². The second-order valence-electron chi connectivity index (χ2n) is 4.27. The summed E-state index contributed by atoms with van der Waals surface area (Å²) in [5.41, 5.74) is 0.333. The fourth-order valence-electron chi connectivity index (χ4n) is 1.32. The molecule has 6 heteroatoms.